The fraction of sp³-hybridized carbons (Fsp3) is 0.429. The second-order valence-electron chi connectivity index (χ2n) is 4.63. The van der Waals surface area contributed by atoms with Gasteiger partial charge in [0.25, 0.3) is 0 Å². The van der Waals surface area contributed by atoms with Gasteiger partial charge in [0.15, 0.2) is 0 Å². The largest absolute Gasteiger partial charge is 0.337 e. The molecule has 0 radical (unpaired) electrons. The van der Waals surface area contributed by atoms with Crippen molar-refractivity contribution in [3.8, 4) is 0 Å². The van der Waals surface area contributed by atoms with Crippen LogP contribution in [-0.2, 0) is 11.3 Å². The standard InChI is InChI=1S/C14H18N2O2/c1-2-11-8-13(17)16(14(18)15-9-11)10-12-6-4-3-5-7-12/h3-7,11H,2,8-10H2,1H3,(H,15,18). The molecule has 4 heteroatoms. The highest BCUT2D eigenvalue weighted by Crippen LogP contribution is 2.15. The number of benzene rings is 1. The first-order valence-electron chi connectivity index (χ1n) is 6.32. The van der Waals surface area contributed by atoms with E-state index in [-0.39, 0.29) is 17.9 Å². The van der Waals surface area contributed by atoms with Crippen LogP contribution in [0.15, 0.2) is 30.3 Å². The first kappa shape index (κ1) is 12.6. The average molecular weight is 246 g/mol. The maximum atomic E-state index is 12.1. The van der Waals surface area contributed by atoms with Crippen molar-refractivity contribution < 1.29 is 9.59 Å². The van der Waals surface area contributed by atoms with E-state index in [1.54, 1.807) is 0 Å². The summed E-state index contributed by atoms with van der Waals surface area (Å²) in [6.45, 7) is 2.98. The number of hydrogen-bond donors (Lipinski definition) is 1. The van der Waals surface area contributed by atoms with Gasteiger partial charge < -0.3 is 5.32 Å². The smallest absolute Gasteiger partial charge is 0.324 e. The lowest BCUT2D eigenvalue weighted by Gasteiger charge is -2.18. The summed E-state index contributed by atoms with van der Waals surface area (Å²) in [6.07, 6.45) is 1.35. The fourth-order valence-electron chi connectivity index (χ4n) is 2.08. The molecule has 1 N–H and O–H groups in total. The van der Waals surface area contributed by atoms with E-state index >= 15 is 0 Å². The SMILES string of the molecule is CCC1CNC(=O)N(Cc2ccccc2)C(=O)C1. The van der Waals surface area contributed by atoms with Gasteiger partial charge >= 0.3 is 6.03 Å². The molecule has 1 aliphatic heterocycles. The van der Waals surface area contributed by atoms with Crippen LogP contribution in [0.1, 0.15) is 25.3 Å². The molecule has 0 saturated carbocycles. The summed E-state index contributed by atoms with van der Waals surface area (Å²) in [5.41, 5.74) is 0.968. The molecule has 96 valence electrons. The zero-order chi connectivity index (χ0) is 13.0. The maximum Gasteiger partial charge on any atom is 0.324 e. The lowest BCUT2D eigenvalue weighted by molar-refractivity contribution is -0.129. The van der Waals surface area contributed by atoms with Crippen LogP contribution in [0.25, 0.3) is 0 Å². The molecule has 1 heterocycles. The van der Waals surface area contributed by atoms with E-state index in [0.29, 0.717) is 19.5 Å². The molecule has 18 heavy (non-hydrogen) atoms. The normalized spacial score (nSPS) is 20.5. The van der Waals surface area contributed by atoms with Crippen molar-refractivity contribution in [2.24, 2.45) is 5.92 Å². The summed E-state index contributed by atoms with van der Waals surface area (Å²) in [4.78, 5) is 25.3. The molecule has 0 aromatic heterocycles. The number of nitrogens with one attached hydrogen (secondary N) is 1. The van der Waals surface area contributed by atoms with Crippen LogP contribution in [0.3, 0.4) is 0 Å². The van der Waals surface area contributed by atoms with E-state index in [1.165, 1.54) is 4.90 Å². The van der Waals surface area contributed by atoms with Gasteiger partial charge in [-0.15, -0.1) is 0 Å². The first-order chi connectivity index (χ1) is 8.70. The number of nitrogens with zero attached hydrogens (tertiary/aromatic N) is 1. The third kappa shape index (κ3) is 2.88. The number of imide groups is 1. The lowest BCUT2D eigenvalue weighted by Crippen LogP contribution is -2.40. The summed E-state index contributed by atoms with van der Waals surface area (Å²) < 4.78 is 0. The van der Waals surface area contributed by atoms with Crippen molar-refractivity contribution in [2.45, 2.75) is 26.3 Å². The number of rotatable bonds is 3. The Bertz CT molecular complexity index is 431. The third-order valence-electron chi connectivity index (χ3n) is 3.31. The van der Waals surface area contributed by atoms with Crippen LogP contribution in [0.5, 0.6) is 0 Å². The minimum Gasteiger partial charge on any atom is -0.337 e. The highest BCUT2D eigenvalue weighted by atomic mass is 16.2. The topological polar surface area (TPSA) is 49.4 Å². The Hall–Kier alpha value is -1.84. The molecule has 1 aromatic carbocycles. The number of carbonyl (C=O) groups is 2. The van der Waals surface area contributed by atoms with E-state index in [2.05, 4.69) is 5.32 Å². The van der Waals surface area contributed by atoms with Crippen LogP contribution < -0.4 is 5.32 Å². The molecular formula is C14H18N2O2. The zero-order valence-electron chi connectivity index (χ0n) is 10.6. The molecule has 1 aliphatic rings. The van der Waals surface area contributed by atoms with E-state index in [9.17, 15) is 9.59 Å². The van der Waals surface area contributed by atoms with Crippen molar-refractivity contribution in [2.75, 3.05) is 6.54 Å². The highest BCUT2D eigenvalue weighted by molar-refractivity contribution is 5.95. The molecule has 1 saturated heterocycles. The van der Waals surface area contributed by atoms with Crippen LogP contribution in [0.4, 0.5) is 4.79 Å². The average Bonchev–Trinajstić information content (AvgIpc) is 2.53. The van der Waals surface area contributed by atoms with Crippen LogP contribution >= 0.6 is 0 Å². The molecule has 1 atom stereocenters. The molecule has 0 bridgehead atoms. The second kappa shape index (κ2) is 5.67. The quantitative estimate of drug-likeness (QED) is 0.888. The van der Waals surface area contributed by atoms with Crippen molar-refractivity contribution in [1.29, 1.82) is 0 Å². The zero-order valence-corrected chi connectivity index (χ0v) is 10.6. The molecule has 2 rings (SSSR count). The van der Waals surface area contributed by atoms with Gasteiger partial charge in [0.1, 0.15) is 0 Å². The Kier molecular flexibility index (Phi) is 3.97. The van der Waals surface area contributed by atoms with Crippen LogP contribution in [0.2, 0.25) is 0 Å². The van der Waals surface area contributed by atoms with E-state index in [1.807, 2.05) is 37.3 Å². The predicted octanol–water partition coefficient (Wildman–Crippen LogP) is 2.15. The molecule has 1 fully saturated rings. The molecule has 4 nitrogen and oxygen atoms in total. The molecule has 1 unspecified atom stereocenters. The minimum atomic E-state index is -0.278. The molecular weight excluding hydrogens is 228 g/mol. The number of hydrogen-bond acceptors (Lipinski definition) is 2. The van der Waals surface area contributed by atoms with Crippen LogP contribution in [-0.4, -0.2) is 23.4 Å². The van der Waals surface area contributed by atoms with Crippen molar-refractivity contribution in [1.82, 2.24) is 10.2 Å². The van der Waals surface area contributed by atoms with Crippen molar-refractivity contribution in [3.05, 3.63) is 35.9 Å². The van der Waals surface area contributed by atoms with Gasteiger partial charge in [-0.1, -0.05) is 43.7 Å². The number of urea groups is 1. The number of amides is 3. The molecule has 0 spiro atoms. The highest BCUT2D eigenvalue weighted by Gasteiger charge is 2.28. The lowest BCUT2D eigenvalue weighted by atomic mass is 10.0. The van der Waals surface area contributed by atoms with Gasteiger partial charge in [-0.3, -0.25) is 9.69 Å². The van der Waals surface area contributed by atoms with Gasteiger partial charge in [0.05, 0.1) is 6.54 Å². The summed E-state index contributed by atoms with van der Waals surface area (Å²) in [5.74, 6) is 0.169. The Balaban J connectivity index is 2.10. The molecule has 3 amide bonds. The Morgan fingerprint density at radius 1 is 1.28 bits per heavy atom. The Morgan fingerprint density at radius 3 is 2.67 bits per heavy atom. The van der Waals surface area contributed by atoms with Gasteiger partial charge in [-0.05, 0) is 11.5 Å². The van der Waals surface area contributed by atoms with Gasteiger partial charge in [-0.2, -0.15) is 0 Å². The van der Waals surface area contributed by atoms with E-state index < -0.39 is 0 Å². The third-order valence-corrected chi connectivity index (χ3v) is 3.31. The molecule has 0 aliphatic carbocycles. The fourth-order valence-corrected chi connectivity index (χ4v) is 2.08. The number of carbonyl (C=O) groups excluding carboxylic acids is 2. The monoisotopic (exact) mass is 246 g/mol. The minimum absolute atomic E-state index is 0.0827. The van der Waals surface area contributed by atoms with Gasteiger partial charge in [0, 0.05) is 13.0 Å². The van der Waals surface area contributed by atoms with Crippen molar-refractivity contribution >= 4 is 11.9 Å². The summed E-state index contributed by atoms with van der Waals surface area (Å²) >= 11 is 0. The summed E-state index contributed by atoms with van der Waals surface area (Å²) in [5, 5.41) is 2.81. The van der Waals surface area contributed by atoms with Gasteiger partial charge in [-0.25, -0.2) is 4.79 Å². The second-order valence-corrected chi connectivity index (χ2v) is 4.63. The molecule has 1 aromatic rings. The van der Waals surface area contributed by atoms with Crippen molar-refractivity contribution in [3.63, 3.8) is 0 Å². The Labute approximate surface area is 107 Å². The predicted molar refractivity (Wildman–Crippen MR) is 68.8 cm³/mol. The first-order valence-corrected chi connectivity index (χ1v) is 6.32. The van der Waals surface area contributed by atoms with Crippen LogP contribution in [0, 0.1) is 5.92 Å². The summed E-state index contributed by atoms with van der Waals surface area (Å²) in [6, 6.07) is 9.29. The summed E-state index contributed by atoms with van der Waals surface area (Å²) in [7, 11) is 0. The van der Waals surface area contributed by atoms with Gasteiger partial charge in [0.2, 0.25) is 5.91 Å². The Morgan fingerprint density at radius 2 is 2.00 bits per heavy atom. The van der Waals surface area contributed by atoms with E-state index in [4.69, 9.17) is 0 Å². The maximum absolute atomic E-state index is 12.1. The van der Waals surface area contributed by atoms with E-state index in [0.717, 1.165) is 12.0 Å².